The first-order chi connectivity index (χ1) is 19.0. The highest BCUT2D eigenvalue weighted by molar-refractivity contribution is 7.96. The minimum absolute atomic E-state index is 0.0176. The van der Waals surface area contributed by atoms with Crippen LogP contribution in [0.2, 0.25) is 0 Å². The van der Waals surface area contributed by atoms with Gasteiger partial charge in [0.15, 0.2) is 5.60 Å². The van der Waals surface area contributed by atoms with E-state index in [1.54, 1.807) is 47.4 Å². The lowest BCUT2D eigenvalue weighted by Crippen LogP contribution is -2.59. The Kier molecular flexibility index (Phi) is 8.72. The number of sulfonamides is 2. The van der Waals surface area contributed by atoms with E-state index in [4.69, 9.17) is 12.2 Å². The standard InChI is InChI=1S/C27H30F3N3O5S3/c1-26(34,27(28,29)30)20-12-14-21(15-13-20)32-17-16-31(41(37,38)25-11-7-6-10-24(25)39)18-23(32)19-33(40(2,35)36)22-8-4-3-5-9-22/h3-9,11-15,23,34H,10,16-19H2,1-2H3/t23-,26?/m1/s1. The second-order valence-electron chi connectivity index (χ2n) is 10.0. The third-order valence-electron chi connectivity index (χ3n) is 7.16. The largest absolute Gasteiger partial charge is 0.421 e. The third kappa shape index (κ3) is 6.51. The van der Waals surface area contributed by atoms with Crippen LogP contribution < -0.4 is 9.21 Å². The number of hydrogen-bond acceptors (Lipinski definition) is 7. The quantitative estimate of drug-likeness (QED) is 0.442. The van der Waals surface area contributed by atoms with Gasteiger partial charge in [0.1, 0.15) is 0 Å². The van der Waals surface area contributed by atoms with Gasteiger partial charge in [0.2, 0.25) is 20.0 Å². The first-order valence-electron chi connectivity index (χ1n) is 12.6. The molecule has 1 saturated heterocycles. The molecule has 1 heterocycles. The fourth-order valence-corrected chi connectivity index (χ4v) is 7.81. The van der Waals surface area contributed by atoms with Crippen molar-refractivity contribution in [2.75, 3.05) is 41.6 Å². The Bertz CT molecular complexity index is 1560. The molecular formula is C27H30F3N3O5S3. The van der Waals surface area contributed by atoms with E-state index < -0.39 is 37.9 Å². The number of alkyl halides is 3. The van der Waals surface area contributed by atoms with Gasteiger partial charge in [0.05, 0.1) is 29.4 Å². The topological polar surface area (TPSA) is 98.2 Å². The van der Waals surface area contributed by atoms with E-state index in [0.29, 0.717) is 24.7 Å². The summed E-state index contributed by atoms with van der Waals surface area (Å²) >= 11 is 5.30. The van der Waals surface area contributed by atoms with Crippen LogP contribution in [0.15, 0.2) is 77.7 Å². The molecule has 0 aromatic heterocycles. The molecule has 1 fully saturated rings. The maximum Gasteiger partial charge on any atom is 0.421 e. The van der Waals surface area contributed by atoms with E-state index in [1.165, 1.54) is 26.8 Å². The molecule has 4 rings (SSSR count). The van der Waals surface area contributed by atoms with Crippen LogP contribution in [0.5, 0.6) is 0 Å². The molecule has 2 aromatic carbocycles. The monoisotopic (exact) mass is 629 g/mol. The normalized spacial score (nSPS) is 20.4. The molecule has 0 bridgehead atoms. The van der Waals surface area contributed by atoms with Crippen molar-refractivity contribution < 1.29 is 35.1 Å². The smallest absolute Gasteiger partial charge is 0.376 e. The van der Waals surface area contributed by atoms with Crippen molar-refractivity contribution in [3.8, 4) is 0 Å². The number of thiocarbonyl (C=S) groups is 1. The van der Waals surface area contributed by atoms with Crippen molar-refractivity contribution in [2.24, 2.45) is 0 Å². The maximum absolute atomic E-state index is 13.6. The van der Waals surface area contributed by atoms with Gasteiger partial charge in [-0.3, -0.25) is 4.31 Å². The SMILES string of the molecule is CC(O)(c1ccc(N2CCN(S(=O)(=O)C3=CC=CCC3=S)C[C@@H]2CN(c2ccccc2)S(C)(=O)=O)cc1)C(F)(F)F. The lowest BCUT2D eigenvalue weighted by atomic mass is 9.95. The number of hydrogen-bond donors (Lipinski definition) is 1. The summed E-state index contributed by atoms with van der Waals surface area (Å²) in [4.78, 5) is 2.07. The van der Waals surface area contributed by atoms with E-state index >= 15 is 0 Å². The van der Waals surface area contributed by atoms with Crippen molar-refractivity contribution in [2.45, 2.75) is 31.2 Å². The summed E-state index contributed by atoms with van der Waals surface area (Å²) in [7, 11) is -7.81. The molecule has 1 aliphatic carbocycles. The molecule has 222 valence electrons. The van der Waals surface area contributed by atoms with E-state index in [-0.39, 0.29) is 41.5 Å². The molecule has 2 aliphatic rings. The molecule has 0 amide bonds. The molecular weight excluding hydrogens is 600 g/mol. The third-order valence-corrected chi connectivity index (χ3v) is 10.8. The number of allylic oxidation sites excluding steroid dienone is 4. The van der Waals surface area contributed by atoms with Crippen LogP contribution >= 0.6 is 12.2 Å². The maximum atomic E-state index is 13.6. The molecule has 1 aliphatic heterocycles. The zero-order chi connectivity index (χ0) is 30.2. The fraction of sp³-hybridized carbons (Fsp3) is 0.370. The number of halogens is 3. The van der Waals surface area contributed by atoms with Crippen LogP contribution in [0.1, 0.15) is 18.9 Å². The number of anilines is 2. The number of benzene rings is 2. The predicted octanol–water partition coefficient (Wildman–Crippen LogP) is 3.96. The van der Waals surface area contributed by atoms with Crippen LogP contribution in [0.4, 0.5) is 24.5 Å². The van der Waals surface area contributed by atoms with Gasteiger partial charge in [-0.15, -0.1) is 0 Å². The van der Waals surface area contributed by atoms with Gasteiger partial charge in [0, 0.05) is 36.6 Å². The van der Waals surface area contributed by atoms with Crippen LogP contribution in [-0.2, 0) is 25.6 Å². The lowest BCUT2D eigenvalue weighted by Gasteiger charge is -2.44. The van der Waals surface area contributed by atoms with Crippen molar-refractivity contribution >= 4 is 48.5 Å². The predicted molar refractivity (Wildman–Crippen MR) is 157 cm³/mol. The number of piperazine rings is 1. The second kappa shape index (κ2) is 11.5. The zero-order valence-electron chi connectivity index (χ0n) is 22.3. The van der Waals surface area contributed by atoms with Crippen LogP contribution in [0.25, 0.3) is 0 Å². The second-order valence-corrected chi connectivity index (χ2v) is 14.3. The highest BCUT2D eigenvalue weighted by Gasteiger charge is 2.51. The summed E-state index contributed by atoms with van der Waals surface area (Å²) < 4.78 is 95.5. The van der Waals surface area contributed by atoms with E-state index in [2.05, 4.69) is 0 Å². The lowest BCUT2D eigenvalue weighted by molar-refractivity contribution is -0.258. The van der Waals surface area contributed by atoms with E-state index in [0.717, 1.165) is 18.4 Å². The molecule has 41 heavy (non-hydrogen) atoms. The number of rotatable bonds is 8. The van der Waals surface area contributed by atoms with Crippen molar-refractivity contribution in [3.05, 3.63) is 83.3 Å². The zero-order valence-corrected chi connectivity index (χ0v) is 24.8. The summed E-state index contributed by atoms with van der Waals surface area (Å²) in [6.07, 6.45) is 1.29. The number of para-hydroxylation sites is 1. The molecule has 0 radical (unpaired) electrons. The Morgan fingerprint density at radius 1 is 1.02 bits per heavy atom. The van der Waals surface area contributed by atoms with Gasteiger partial charge in [-0.1, -0.05) is 54.7 Å². The van der Waals surface area contributed by atoms with Crippen molar-refractivity contribution in [1.29, 1.82) is 0 Å². The number of nitrogens with zero attached hydrogens (tertiary/aromatic N) is 3. The Hall–Kier alpha value is -2.78. The molecule has 0 saturated carbocycles. The van der Waals surface area contributed by atoms with Crippen molar-refractivity contribution in [1.82, 2.24) is 4.31 Å². The summed E-state index contributed by atoms with van der Waals surface area (Å²) in [5.41, 5.74) is -2.60. The summed E-state index contributed by atoms with van der Waals surface area (Å²) in [6.45, 7) is 0.584. The molecule has 2 aromatic rings. The first-order valence-corrected chi connectivity index (χ1v) is 16.3. The van der Waals surface area contributed by atoms with Gasteiger partial charge < -0.3 is 10.0 Å². The Morgan fingerprint density at radius 3 is 2.22 bits per heavy atom. The van der Waals surface area contributed by atoms with Gasteiger partial charge in [-0.05, 0) is 42.8 Å². The first kappa shape index (κ1) is 31.2. The van der Waals surface area contributed by atoms with Gasteiger partial charge in [0.25, 0.3) is 0 Å². The Balaban J connectivity index is 1.72. The van der Waals surface area contributed by atoms with Gasteiger partial charge in [-0.25, -0.2) is 16.8 Å². The van der Waals surface area contributed by atoms with Crippen LogP contribution in [0.3, 0.4) is 0 Å². The Labute approximate surface area is 243 Å². The summed E-state index contributed by atoms with van der Waals surface area (Å²) in [6, 6.07) is 12.7. The average Bonchev–Trinajstić information content (AvgIpc) is 2.91. The van der Waals surface area contributed by atoms with Crippen LogP contribution in [0, 0.1) is 0 Å². The number of aliphatic hydroxyl groups is 1. The van der Waals surface area contributed by atoms with Gasteiger partial charge >= 0.3 is 6.18 Å². The fourth-order valence-electron chi connectivity index (χ4n) is 4.79. The van der Waals surface area contributed by atoms with Crippen molar-refractivity contribution in [3.63, 3.8) is 0 Å². The molecule has 1 N–H and O–H groups in total. The summed E-state index contributed by atoms with van der Waals surface area (Å²) in [5.74, 6) is 0. The minimum atomic E-state index is -4.90. The summed E-state index contributed by atoms with van der Waals surface area (Å²) in [5, 5.41) is 10.1. The van der Waals surface area contributed by atoms with Gasteiger partial charge in [-0.2, -0.15) is 17.5 Å². The van der Waals surface area contributed by atoms with Crippen LogP contribution in [-0.4, -0.2) is 75.8 Å². The molecule has 1 unspecified atom stereocenters. The minimum Gasteiger partial charge on any atom is -0.376 e. The van der Waals surface area contributed by atoms with E-state index in [1.807, 2.05) is 0 Å². The molecule has 8 nitrogen and oxygen atoms in total. The molecule has 0 spiro atoms. The molecule has 2 atom stereocenters. The highest BCUT2D eigenvalue weighted by Crippen LogP contribution is 2.39. The average molecular weight is 630 g/mol. The van der Waals surface area contributed by atoms with E-state index in [9.17, 15) is 35.1 Å². The highest BCUT2D eigenvalue weighted by atomic mass is 32.2. The molecule has 14 heteroatoms. The Morgan fingerprint density at radius 2 is 1.66 bits per heavy atom.